The molecule has 0 bridgehead atoms. The van der Waals surface area contributed by atoms with Gasteiger partial charge in [0.1, 0.15) is 5.75 Å². The second-order valence-electron chi connectivity index (χ2n) is 7.31. The first-order valence-electron chi connectivity index (χ1n) is 9.93. The van der Waals surface area contributed by atoms with Crippen molar-refractivity contribution in [3.05, 3.63) is 100 Å². The fourth-order valence-corrected chi connectivity index (χ4v) is 3.35. The molecule has 0 aromatic heterocycles. The lowest BCUT2D eigenvalue weighted by Crippen LogP contribution is -2.28. The molecule has 33 heavy (non-hydrogen) atoms. The van der Waals surface area contributed by atoms with Crippen molar-refractivity contribution in [1.82, 2.24) is 5.32 Å². The standard InChI is InChI=1S/C25H18F2N2O4/c1-33-17-6-2-14(3-7-17)13-28-24(31)16-5-9-22-18(12-16)23(30)19(25(32)29-22)10-15-4-8-20(26)21(27)11-15/h2-12H,13H2,1H3,(H,28,31)(H,29,32)/b19-10+. The van der Waals surface area contributed by atoms with Crippen LogP contribution in [0.2, 0.25) is 0 Å². The molecule has 3 aromatic carbocycles. The van der Waals surface area contributed by atoms with Gasteiger partial charge in [-0.2, -0.15) is 0 Å². The van der Waals surface area contributed by atoms with Crippen LogP contribution in [0.4, 0.5) is 14.5 Å². The second kappa shape index (κ2) is 9.04. The molecular weight excluding hydrogens is 430 g/mol. The largest absolute Gasteiger partial charge is 0.497 e. The lowest BCUT2D eigenvalue weighted by atomic mass is 9.93. The van der Waals surface area contributed by atoms with E-state index < -0.39 is 29.2 Å². The maximum absolute atomic E-state index is 13.5. The van der Waals surface area contributed by atoms with E-state index >= 15 is 0 Å². The number of rotatable bonds is 5. The van der Waals surface area contributed by atoms with Gasteiger partial charge < -0.3 is 15.4 Å². The predicted molar refractivity (Wildman–Crippen MR) is 118 cm³/mol. The van der Waals surface area contributed by atoms with E-state index in [1.54, 1.807) is 19.2 Å². The Morgan fingerprint density at radius 1 is 1.00 bits per heavy atom. The normalized spacial score (nSPS) is 14.0. The third-order valence-electron chi connectivity index (χ3n) is 5.13. The molecule has 2 amide bonds. The zero-order valence-corrected chi connectivity index (χ0v) is 17.4. The molecular formula is C25H18F2N2O4. The van der Waals surface area contributed by atoms with Crippen molar-refractivity contribution in [1.29, 1.82) is 0 Å². The summed E-state index contributed by atoms with van der Waals surface area (Å²) >= 11 is 0. The predicted octanol–water partition coefficient (Wildman–Crippen LogP) is 4.12. The van der Waals surface area contributed by atoms with E-state index in [0.29, 0.717) is 5.75 Å². The Kier molecular flexibility index (Phi) is 5.99. The zero-order valence-electron chi connectivity index (χ0n) is 17.4. The summed E-state index contributed by atoms with van der Waals surface area (Å²) in [5.41, 5.74) is 1.40. The molecule has 0 saturated carbocycles. The van der Waals surface area contributed by atoms with Gasteiger partial charge in [-0.3, -0.25) is 14.4 Å². The Hall–Kier alpha value is -4.33. The molecule has 0 radical (unpaired) electrons. The highest BCUT2D eigenvalue weighted by Crippen LogP contribution is 2.28. The molecule has 0 spiro atoms. The van der Waals surface area contributed by atoms with E-state index in [2.05, 4.69) is 10.6 Å². The van der Waals surface area contributed by atoms with Crippen LogP contribution in [0.5, 0.6) is 5.75 Å². The van der Waals surface area contributed by atoms with Crippen LogP contribution in [-0.2, 0) is 11.3 Å². The monoisotopic (exact) mass is 448 g/mol. The molecule has 6 nitrogen and oxygen atoms in total. The van der Waals surface area contributed by atoms with Crippen molar-refractivity contribution in [3.8, 4) is 5.75 Å². The number of carbonyl (C=O) groups excluding carboxylic acids is 3. The molecule has 1 heterocycles. The first-order chi connectivity index (χ1) is 15.9. The maximum atomic E-state index is 13.5. The SMILES string of the molecule is COc1ccc(CNC(=O)c2ccc3c(c2)C(=O)/C(=C\c2ccc(F)c(F)c2)C(=O)N3)cc1. The van der Waals surface area contributed by atoms with Crippen LogP contribution < -0.4 is 15.4 Å². The Morgan fingerprint density at radius 2 is 1.76 bits per heavy atom. The highest BCUT2D eigenvalue weighted by Gasteiger charge is 2.29. The lowest BCUT2D eigenvalue weighted by molar-refractivity contribution is -0.112. The summed E-state index contributed by atoms with van der Waals surface area (Å²) in [4.78, 5) is 38.0. The van der Waals surface area contributed by atoms with Gasteiger partial charge in [-0.25, -0.2) is 8.78 Å². The number of Topliss-reactive ketones (excluding diaryl/α,β-unsaturated/α-hetero) is 1. The molecule has 0 saturated heterocycles. The molecule has 0 unspecified atom stereocenters. The van der Waals surface area contributed by atoms with Gasteiger partial charge in [0.2, 0.25) is 5.78 Å². The summed E-state index contributed by atoms with van der Waals surface area (Å²) in [7, 11) is 1.56. The minimum absolute atomic E-state index is 0.125. The smallest absolute Gasteiger partial charge is 0.259 e. The van der Waals surface area contributed by atoms with E-state index in [0.717, 1.165) is 17.7 Å². The molecule has 0 aliphatic carbocycles. The number of amides is 2. The quantitative estimate of drug-likeness (QED) is 0.454. The Bertz CT molecular complexity index is 1300. The Labute approximate surface area is 187 Å². The van der Waals surface area contributed by atoms with Gasteiger partial charge in [-0.05, 0) is 59.7 Å². The molecule has 1 aliphatic heterocycles. The molecule has 3 aromatic rings. The molecule has 1 aliphatic rings. The lowest BCUT2D eigenvalue weighted by Gasteiger charge is -2.19. The Balaban J connectivity index is 1.55. The number of methoxy groups -OCH3 is 1. The van der Waals surface area contributed by atoms with Crippen LogP contribution in [0.1, 0.15) is 31.8 Å². The van der Waals surface area contributed by atoms with Crippen LogP contribution >= 0.6 is 0 Å². The van der Waals surface area contributed by atoms with Crippen molar-refractivity contribution in [2.45, 2.75) is 6.54 Å². The van der Waals surface area contributed by atoms with Crippen LogP contribution in [0.3, 0.4) is 0 Å². The Morgan fingerprint density at radius 3 is 2.45 bits per heavy atom. The number of ether oxygens (including phenoxy) is 1. The summed E-state index contributed by atoms with van der Waals surface area (Å²) in [6.45, 7) is 0.270. The topological polar surface area (TPSA) is 84.5 Å². The summed E-state index contributed by atoms with van der Waals surface area (Å²) in [5, 5.41) is 5.36. The van der Waals surface area contributed by atoms with Gasteiger partial charge >= 0.3 is 0 Å². The summed E-state index contributed by atoms with van der Waals surface area (Å²) in [6, 6.07) is 14.6. The van der Waals surface area contributed by atoms with Crippen molar-refractivity contribution >= 4 is 29.4 Å². The third-order valence-corrected chi connectivity index (χ3v) is 5.13. The van der Waals surface area contributed by atoms with Gasteiger partial charge in [0.15, 0.2) is 11.6 Å². The fraction of sp³-hybridized carbons (Fsp3) is 0.0800. The molecule has 0 fully saturated rings. The van der Waals surface area contributed by atoms with Crippen LogP contribution in [0.25, 0.3) is 6.08 Å². The molecule has 0 atom stereocenters. The summed E-state index contributed by atoms with van der Waals surface area (Å²) in [6.07, 6.45) is 1.18. The van der Waals surface area contributed by atoms with Gasteiger partial charge in [0, 0.05) is 17.7 Å². The maximum Gasteiger partial charge on any atom is 0.259 e. The van der Waals surface area contributed by atoms with Crippen LogP contribution in [-0.4, -0.2) is 24.7 Å². The molecule has 166 valence electrons. The van der Waals surface area contributed by atoms with Crippen LogP contribution in [0, 0.1) is 11.6 Å². The van der Waals surface area contributed by atoms with Crippen molar-refractivity contribution in [3.63, 3.8) is 0 Å². The van der Waals surface area contributed by atoms with E-state index in [4.69, 9.17) is 4.74 Å². The van der Waals surface area contributed by atoms with Crippen molar-refractivity contribution in [2.24, 2.45) is 0 Å². The number of carbonyl (C=O) groups is 3. The highest BCUT2D eigenvalue weighted by molar-refractivity contribution is 6.36. The number of ketones is 1. The highest BCUT2D eigenvalue weighted by atomic mass is 19.2. The summed E-state index contributed by atoms with van der Waals surface area (Å²) in [5.74, 6) is -3.12. The van der Waals surface area contributed by atoms with Gasteiger partial charge in [-0.1, -0.05) is 18.2 Å². The van der Waals surface area contributed by atoms with E-state index in [9.17, 15) is 23.2 Å². The molecule has 2 N–H and O–H groups in total. The number of anilines is 1. The first-order valence-corrected chi connectivity index (χ1v) is 9.93. The number of benzene rings is 3. The van der Waals surface area contributed by atoms with E-state index in [-0.39, 0.29) is 34.5 Å². The average molecular weight is 448 g/mol. The number of nitrogens with one attached hydrogen (secondary N) is 2. The number of hydrogen-bond acceptors (Lipinski definition) is 4. The minimum Gasteiger partial charge on any atom is -0.497 e. The summed E-state index contributed by atoms with van der Waals surface area (Å²) < 4.78 is 31.8. The zero-order chi connectivity index (χ0) is 23.5. The third kappa shape index (κ3) is 4.64. The minimum atomic E-state index is -1.09. The van der Waals surface area contributed by atoms with E-state index in [1.165, 1.54) is 30.3 Å². The van der Waals surface area contributed by atoms with Crippen LogP contribution in [0.15, 0.2) is 66.2 Å². The number of hydrogen-bond donors (Lipinski definition) is 2. The number of halogens is 2. The molecule has 8 heteroatoms. The van der Waals surface area contributed by atoms with Crippen molar-refractivity contribution in [2.75, 3.05) is 12.4 Å². The van der Waals surface area contributed by atoms with Gasteiger partial charge in [0.25, 0.3) is 11.8 Å². The average Bonchev–Trinajstić information content (AvgIpc) is 2.82. The van der Waals surface area contributed by atoms with Gasteiger partial charge in [0.05, 0.1) is 18.4 Å². The molecule has 4 rings (SSSR count). The number of fused-ring (bicyclic) bond motifs is 1. The second-order valence-corrected chi connectivity index (χ2v) is 7.31. The fourth-order valence-electron chi connectivity index (χ4n) is 3.35. The van der Waals surface area contributed by atoms with Crippen molar-refractivity contribution < 1.29 is 27.9 Å². The first kappa shape index (κ1) is 21.9. The van der Waals surface area contributed by atoms with Gasteiger partial charge in [-0.15, -0.1) is 0 Å². The van der Waals surface area contributed by atoms with E-state index in [1.807, 2.05) is 12.1 Å².